The second-order valence-electron chi connectivity index (χ2n) is 2.86. The van der Waals surface area contributed by atoms with Gasteiger partial charge in [0.05, 0.1) is 16.2 Å². The lowest BCUT2D eigenvalue weighted by molar-refractivity contribution is -0.384. The summed E-state index contributed by atoms with van der Waals surface area (Å²) in [4.78, 5) is 18.1. The van der Waals surface area contributed by atoms with Crippen molar-refractivity contribution >= 4 is 5.69 Å². The van der Waals surface area contributed by atoms with E-state index in [1.165, 1.54) is 12.4 Å². The van der Waals surface area contributed by atoms with Crippen molar-refractivity contribution in [1.29, 1.82) is 0 Å². The van der Waals surface area contributed by atoms with E-state index in [1.54, 1.807) is 30.5 Å². The molecule has 74 valence electrons. The van der Waals surface area contributed by atoms with Crippen LogP contribution in [-0.4, -0.2) is 14.9 Å². The SMILES string of the molecule is O=[N+]([O-])c1cnccc1-c1ccccn1. The zero-order chi connectivity index (χ0) is 10.7. The van der Waals surface area contributed by atoms with Gasteiger partial charge in [-0.3, -0.25) is 20.1 Å². The van der Waals surface area contributed by atoms with Gasteiger partial charge in [-0.05, 0) is 18.2 Å². The molecule has 2 rings (SSSR count). The molecular weight excluding hydrogens is 194 g/mol. The van der Waals surface area contributed by atoms with E-state index in [-0.39, 0.29) is 5.69 Å². The monoisotopic (exact) mass is 201 g/mol. The Balaban J connectivity index is 2.58. The van der Waals surface area contributed by atoms with E-state index >= 15 is 0 Å². The summed E-state index contributed by atoms with van der Waals surface area (Å²) in [6.07, 6.45) is 4.33. The van der Waals surface area contributed by atoms with E-state index in [9.17, 15) is 10.1 Å². The third-order valence-corrected chi connectivity index (χ3v) is 1.94. The zero-order valence-electron chi connectivity index (χ0n) is 7.70. The third-order valence-electron chi connectivity index (χ3n) is 1.94. The highest BCUT2D eigenvalue weighted by atomic mass is 16.6. The van der Waals surface area contributed by atoms with Gasteiger partial charge in [-0.25, -0.2) is 0 Å². The maximum atomic E-state index is 10.7. The van der Waals surface area contributed by atoms with E-state index in [2.05, 4.69) is 9.97 Å². The molecule has 0 saturated carbocycles. The van der Waals surface area contributed by atoms with Crippen molar-refractivity contribution in [3.63, 3.8) is 0 Å². The van der Waals surface area contributed by atoms with Gasteiger partial charge >= 0.3 is 0 Å². The zero-order valence-corrected chi connectivity index (χ0v) is 7.70. The van der Waals surface area contributed by atoms with Crippen LogP contribution in [0.25, 0.3) is 11.3 Å². The van der Waals surface area contributed by atoms with Crippen molar-refractivity contribution in [2.24, 2.45) is 0 Å². The van der Waals surface area contributed by atoms with E-state index in [0.717, 1.165) is 0 Å². The summed E-state index contributed by atoms with van der Waals surface area (Å²) in [5.41, 5.74) is 1.03. The second kappa shape index (κ2) is 3.83. The van der Waals surface area contributed by atoms with Gasteiger partial charge < -0.3 is 0 Å². The number of hydrogen-bond acceptors (Lipinski definition) is 4. The Morgan fingerprint density at radius 2 is 2.07 bits per heavy atom. The van der Waals surface area contributed by atoms with Crippen LogP contribution in [0.4, 0.5) is 5.69 Å². The number of hydrogen-bond donors (Lipinski definition) is 0. The fourth-order valence-corrected chi connectivity index (χ4v) is 1.27. The molecule has 5 heteroatoms. The van der Waals surface area contributed by atoms with E-state index in [0.29, 0.717) is 11.3 Å². The number of nitrogens with zero attached hydrogens (tertiary/aromatic N) is 3. The topological polar surface area (TPSA) is 68.9 Å². The Bertz CT molecular complexity index is 485. The summed E-state index contributed by atoms with van der Waals surface area (Å²) in [6.45, 7) is 0. The minimum absolute atomic E-state index is 0.0313. The number of nitro groups is 1. The van der Waals surface area contributed by atoms with Crippen molar-refractivity contribution in [1.82, 2.24) is 9.97 Å². The van der Waals surface area contributed by atoms with Crippen LogP contribution in [-0.2, 0) is 0 Å². The summed E-state index contributed by atoms with van der Waals surface area (Å²) >= 11 is 0. The Morgan fingerprint density at radius 1 is 1.20 bits per heavy atom. The molecule has 0 aromatic carbocycles. The maximum Gasteiger partial charge on any atom is 0.296 e. The van der Waals surface area contributed by atoms with Gasteiger partial charge in [0.15, 0.2) is 0 Å². The minimum atomic E-state index is -0.461. The van der Waals surface area contributed by atoms with Gasteiger partial charge in [-0.2, -0.15) is 0 Å². The quantitative estimate of drug-likeness (QED) is 0.550. The summed E-state index contributed by atoms with van der Waals surface area (Å²) in [5, 5.41) is 10.7. The average molecular weight is 201 g/mol. The standard InChI is InChI=1S/C10H7N3O2/c14-13(15)10-7-11-6-4-8(10)9-3-1-2-5-12-9/h1-7H. The van der Waals surface area contributed by atoms with Crippen LogP contribution in [0.5, 0.6) is 0 Å². The van der Waals surface area contributed by atoms with Crippen LogP contribution in [0.2, 0.25) is 0 Å². The van der Waals surface area contributed by atoms with E-state index < -0.39 is 4.92 Å². The lowest BCUT2D eigenvalue weighted by Crippen LogP contribution is -1.93. The van der Waals surface area contributed by atoms with Crippen molar-refractivity contribution in [2.75, 3.05) is 0 Å². The Morgan fingerprint density at radius 3 is 2.73 bits per heavy atom. The molecule has 0 radical (unpaired) electrons. The fraction of sp³-hybridized carbons (Fsp3) is 0. The molecule has 0 unspecified atom stereocenters. The fourth-order valence-electron chi connectivity index (χ4n) is 1.27. The lowest BCUT2D eigenvalue weighted by Gasteiger charge is -2.00. The van der Waals surface area contributed by atoms with Gasteiger partial charge in [0.25, 0.3) is 5.69 Å². The molecule has 0 aliphatic rings. The Kier molecular flexibility index (Phi) is 2.37. The first-order valence-electron chi connectivity index (χ1n) is 4.29. The highest BCUT2D eigenvalue weighted by molar-refractivity contribution is 5.69. The van der Waals surface area contributed by atoms with Crippen LogP contribution < -0.4 is 0 Å². The van der Waals surface area contributed by atoms with Crippen molar-refractivity contribution < 1.29 is 4.92 Å². The van der Waals surface area contributed by atoms with Gasteiger partial charge in [-0.1, -0.05) is 6.07 Å². The molecule has 2 aromatic heterocycles. The normalized spacial score (nSPS) is 9.87. The summed E-state index contributed by atoms with van der Waals surface area (Å²) in [5.74, 6) is 0. The number of rotatable bonds is 2. The molecular formula is C10H7N3O2. The molecule has 0 spiro atoms. The largest absolute Gasteiger partial charge is 0.296 e. The predicted molar refractivity (Wildman–Crippen MR) is 54.1 cm³/mol. The molecule has 0 aliphatic carbocycles. The Labute approximate surface area is 85.6 Å². The first kappa shape index (κ1) is 9.26. The second-order valence-corrected chi connectivity index (χ2v) is 2.86. The average Bonchev–Trinajstić information content (AvgIpc) is 2.30. The molecule has 0 bridgehead atoms. The smallest absolute Gasteiger partial charge is 0.258 e. The first-order chi connectivity index (χ1) is 7.29. The molecule has 0 N–H and O–H groups in total. The highest BCUT2D eigenvalue weighted by Crippen LogP contribution is 2.26. The number of aromatic nitrogens is 2. The summed E-state index contributed by atoms with van der Waals surface area (Å²) < 4.78 is 0. The van der Waals surface area contributed by atoms with Gasteiger partial charge in [0, 0.05) is 12.4 Å². The molecule has 0 aliphatic heterocycles. The summed E-state index contributed by atoms with van der Waals surface area (Å²) in [6, 6.07) is 6.85. The molecule has 15 heavy (non-hydrogen) atoms. The van der Waals surface area contributed by atoms with Crippen LogP contribution in [0.15, 0.2) is 42.9 Å². The summed E-state index contributed by atoms with van der Waals surface area (Å²) in [7, 11) is 0. The van der Waals surface area contributed by atoms with Gasteiger partial charge in [0.2, 0.25) is 0 Å². The predicted octanol–water partition coefficient (Wildman–Crippen LogP) is 2.05. The van der Waals surface area contributed by atoms with Gasteiger partial charge in [0.1, 0.15) is 6.20 Å². The van der Waals surface area contributed by atoms with Crippen molar-refractivity contribution in [2.45, 2.75) is 0 Å². The molecule has 0 atom stereocenters. The molecule has 2 heterocycles. The van der Waals surface area contributed by atoms with Gasteiger partial charge in [-0.15, -0.1) is 0 Å². The van der Waals surface area contributed by atoms with Crippen LogP contribution in [0.1, 0.15) is 0 Å². The van der Waals surface area contributed by atoms with Crippen molar-refractivity contribution in [3.05, 3.63) is 53.0 Å². The van der Waals surface area contributed by atoms with E-state index in [4.69, 9.17) is 0 Å². The van der Waals surface area contributed by atoms with Crippen LogP contribution in [0.3, 0.4) is 0 Å². The Hall–Kier alpha value is -2.30. The first-order valence-corrected chi connectivity index (χ1v) is 4.29. The molecule has 0 amide bonds. The van der Waals surface area contributed by atoms with Crippen LogP contribution in [0, 0.1) is 10.1 Å². The highest BCUT2D eigenvalue weighted by Gasteiger charge is 2.15. The van der Waals surface area contributed by atoms with Crippen LogP contribution >= 0.6 is 0 Å². The molecule has 0 fully saturated rings. The lowest BCUT2D eigenvalue weighted by atomic mass is 10.1. The number of pyridine rings is 2. The van der Waals surface area contributed by atoms with E-state index in [1.807, 2.05) is 0 Å². The maximum absolute atomic E-state index is 10.7. The minimum Gasteiger partial charge on any atom is -0.258 e. The molecule has 0 saturated heterocycles. The molecule has 2 aromatic rings. The third kappa shape index (κ3) is 1.80. The molecule has 5 nitrogen and oxygen atoms in total. The van der Waals surface area contributed by atoms with Crippen molar-refractivity contribution in [3.8, 4) is 11.3 Å².